The van der Waals surface area contributed by atoms with Crippen LogP contribution in [0.1, 0.15) is 73.7 Å². The Hall–Kier alpha value is -4.40. The molecule has 2 amide bonds. The van der Waals surface area contributed by atoms with Crippen molar-refractivity contribution in [3.8, 4) is 17.4 Å². The van der Waals surface area contributed by atoms with E-state index in [1.807, 2.05) is 24.3 Å². The van der Waals surface area contributed by atoms with E-state index in [0.717, 1.165) is 44.3 Å². The van der Waals surface area contributed by atoms with Gasteiger partial charge in [0.1, 0.15) is 11.5 Å². The van der Waals surface area contributed by atoms with Crippen molar-refractivity contribution in [3.63, 3.8) is 0 Å². The highest BCUT2D eigenvalue weighted by Crippen LogP contribution is 2.28. The topological polar surface area (TPSA) is 127 Å². The highest BCUT2D eigenvalue weighted by molar-refractivity contribution is 6.00. The molecule has 2 aromatic carbocycles. The summed E-state index contributed by atoms with van der Waals surface area (Å²) >= 11 is 0. The first kappa shape index (κ1) is 29.1. The Balaban J connectivity index is 1.05. The van der Waals surface area contributed by atoms with Crippen molar-refractivity contribution < 1.29 is 29.0 Å². The predicted molar refractivity (Wildman–Crippen MR) is 158 cm³/mol. The number of pyridine rings is 1. The summed E-state index contributed by atoms with van der Waals surface area (Å²) in [5.41, 5.74) is 0.952. The molecule has 0 atom stereocenters. The number of aromatic nitrogens is 1. The van der Waals surface area contributed by atoms with Crippen molar-refractivity contribution in [1.29, 1.82) is 0 Å². The van der Waals surface area contributed by atoms with Gasteiger partial charge in [-0.2, -0.15) is 0 Å². The molecule has 0 saturated heterocycles. The van der Waals surface area contributed by atoms with Crippen molar-refractivity contribution in [2.24, 2.45) is 5.92 Å². The van der Waals surface area contributed by atoms with E-state index in [2.05, 4.69) is 15.6 Å². The number of nitrogens with one attached hydrogen (secondary N) is 2. The van der Waals surface area contributed by atoms with Gasteiger partial charge in [-0.05, 0) is 80.5 Å². The number of anilines is 1. The second-order valence-corrected chi connectivity index (χ2v) is 11.1. The Bertz CT molecular complexity index is 1360. The quantitative estimate of drug-likeness (QED) is 0.267. The van der Waals surface area contributed by atoms with Gasteiger partial charge in [0.15, 0.2) is 0 Å². The van der Waals surface area contributed by atoms with Crippen molar-refractivity contribution in [3.05, 3.63) is 78.0 Å². The molecule has 0 bridgehead atoms. The van der Waals surface area contributed by atoms with Gasteiger partial charge in [0, 0.05) is 24.2 Å². The fourth-order valence-electron chi connectivity index (χ4n) is 5.64. The summed E-state index contributed by atoms with van der Waals surface area (Å²) in [7, 11) is 0. The second-order valence-electron chi connectivity index (χ2n) is 11.1. The van der Waals surface area contributed by atoms with Crippen LogP contribution in [0.15, 0.2) is 66.9 Å². The molecule has 0 unspecified atom stereocenters. The Morgan fingerprint density at radius 3 is 2.24 bits per heavy atom. The maximum absolute atomic E-state index is 12.6. The van der Waals surface area contributed by atoms with Crippen molar-refractivity contribution >= 4 is 23.5 Å². The molecular weight excluding hydrogens is 534 g/mol. The maximum Gasteiger partial charge on any atom is 0.337 e. The third-order valence-electron chi connectivity index (χ3n) is 7.94. The third kappa shape index (κ3) is 8.09. The van der Waals surface area contributed by atoms with Crippen LogP contribution in [0.4, 0.5) is 5.69 Å². The van der Waals surface area contributed by atoms with E-state index in [0.29, 0.717) is 17.2 Å². The Labute approximate surface area is 245 Å². The average Bonchev–Trinajstić information content (AvgIpc) is 3.00. The molecule has 1 aromatic heterocycles. The van der Waals surface area contributed by atoms with Crippen LogP contribution in [0.2, 0.25) is 0 Å². The van der Waals surface area contributed by atoms with Gasteiger partial charge in [0.25, 0.3) is 0 Å². The van der Waals surface area contributed by atoms with Gasteiger partial charge in [-0.3, -0.25) is 9.59 Å². The van der Waals surface area contributed by atoms with Gasteiger partial charge >= 0.3 is 5.97 Å². The normalized spacial score (nSPS) is 19.0. The number of hydrogen-bond donors (Lipinski definition) is 3. The fourth-order valence-corrected chi connectivity index (χ4v) is 5.64. The third-order valence-corrected chi connectivity index (χ3v) is 7.94. The van der Waals surface area contributed by atoms with Gasteiger partial charge in [-0.1, -0.05) is 37.5 Å². The van der Waals surface area contributed by atoms with Gasteiger partial charge < -0.3 is 25.2 Å². The molecule has 9 heteroatoms. The summed E-state index contributed by atoms with van der Waals surface area (Å²) in [6.45, 7) is 0. The lowest BCUT2D eigenvalue weighted by molar-refractivity contribution is -0.127. The van der Waals surface area contributed by atoms with E-state index in [-0.39, 0.29) is 47.5 Å². The van der Waals surface area contributed by atoms with E-state index in [9.17, 15) is 19.5 Å². The minimum absolute atomic E-state index is 0.0339. The number of amides is 2. The summed E-state index contributed by atoms with van der Waals surface area (Å²) in [5.74, 6) is 0.764. The van der Waals surface area contributed by atoms with E-state index < -0.39 is 5.97 Å². The Kier molecular flexibility index (Phi) is 9.69. The first-order chi connectivity index (χ1) is 20.4. The molecular formula is C33H37N3O6. The number of benzene rings is 2. The van der Waals surface area contributed by atoms with Crippen LogP contribution in [0, 0.1) is 5.92 Å². The molecule has 0 radical (unpaired) electrons. The summed E-state index contributed by atoms with van der Waals surface area (Å²) in [6.07, 6.45) is 11.1. The lowest BCUT2D eigenvalue weighted by Gasteiger charge is -2.31. The number of carboxylic acids is 1. The van der Waals surface area contributed by atoms with Crippen molar-refractivity contribution in [1.82, 2.24) is 10.3 Å². The standard InChI is InChI=1S/C33H37N3O6/c37-30(36-29-9-5-4-8-28(29)33(39)40)20-22-10-19-31(34-21-22)42-27-17-15-26(16-18-27)41-25-13-11-24(12-14-25)35-32(38)23-6-2-1-3-7-23/h4-5,8-10,15-19,21,23-25H,1-3,6-7,11-14,20H2,(H,35,38)(H,36,37)(H,39,40). The first-order valence-electron chi connectivity index (χ1n) is 14.7. The van der Waals surface area contributed by atoms with Crippen molar-refractivity contribution in [2.45, 2.75) is 76.4 Å². The van der Waals surface area contributed by atoms with Crippen LogP contribution >= 0.6 is 0 Å². The lowest BCUT2D eigenvalue weighted by Crippen LogP contribution is -2.42. The molecule has 5 rings (SSSR count). The SMILES string of the molecule is O=C(Cc1ccc(Oc2ccc(OC3CCC(NC(=O)C4CCCCC4)CC3)cc2)nc1)Nc1ccccc1C(=O)O. The lowest BCUT2D eigenvalue weighted by atomic mass is 9.87. The minimum atomic E-state index is -1.10. The Morgan fingerprint density at radius 1 is 0.833 bits per heavy atom. The monoisotopic (exact) mass is 571 g/mol. The number of carboxylic acid groups (broad SMARTS) is 1. The number of nitrogens with zero attached hydrogens (tertiary/aromatic N) is 1. The summed E-state index contributed by atoms with van der Waals surface area (Å²) in [6, 6.07) is 17.4. The largest absolute Gasteiger partial charge is 0.490 e. The number of rotatable bonds is 10. The molecule has 3 N–H and O–H groups in total. The molecule has 2 fully saturated rings. The summed E-state index contributed by atoms with van der Waals surface area (Å²) in [5, 5.41) is 15.2. The van der Waals surface area contributed by atoms with E-state index in [1.54, 1.807) is 36.5 Å². The van der Waals surface area contributed by atoms with E-state index in [1.165, 1.54) is 25.3 Å². The highest BCUT2D eigenvalue weighted by Gasteiger charge is 2.27. The number of aromatic carboxylic acids is 1. The molecule has 42 heavy (non-hydrogen) atoms. The number of carbonyl (C=O) groups is 3. The molecule has 2 aliphatic carbocycles. The zero-order valence-electron chi connectivity index (χ0n) is 23.6. The van der Waals surface area contributed by atoms with E-state index in [4.69, 9.17) is 9.47 Å². The van der Waals surface area contributed by atoms with Gasteiger partial charge in [-0.15, -0.1) is 0 Å². The molecule has 220 valence electrons. The summed E-state index contributed by atoms with van der Waals surface area (Å²) in [4.78, 5) is 40.6. The Morgan fingerprint density at radius 2 is 1.55 bits per heavy atom. The molecule has 3 aromatic rings. The highest BCUT2D eigenvalue weighted by atomic mass is 16.5. The molecule has 0 spiro atoms. The van der Waals surface area contributed by atoms with Crippen LogP contribution in [-0.4, -0.2) is 40.0 Å². The smallest absolute Gasteiger partial charge is 0.337 e. The van der Waals surface area contributed by atoms with Crippen LogP contribution in [0.25, 0.3) is 0 Å². The zero-order valence-corrected chi connectivity index (χ0v) is 23.6. The van der Waals surface area contributed by atoms with Crippen LogP contribution < -0.4 is 20.1 Å². The van der Waals surface area contributed by atoms with Crippen molar-refractivity contribution in [2.75, 3.05) is 5.32 Å². The predicted octanol–water partition coefficient (Wildman–Crippen LogP) is 6.14. The zero-order chi connectivity index (χ0) is 29.3. The molecule has 1 heterocycles. The second kappa shape index (κ2) is 14.0. The maximum atomic E-state index is 12.6. The number of ether oxygens (including phenoxy) is 2. The van der Waals surface area contributed by atoms with Gasteiger partial charge in [0.2, 0.25) is 17.7 Å². The van der Waals surface area contributed by atoms with Crippen LogP contribution in [0.5, 0.6) is 17.4 Å². The number of carbonyl (C=O) groups excluding carboxylic acids is 2. The molecule has 2 saturated carbocycles. The van der Waals surface area contributed by atoms with E-state index >= 15 is 0 Å². The van der Waals surface area contributed by atoms with Gasteiger partial charge in [-0.25, -0.2) is 9.78 Å². The van der Waals surface area contributed by atoms with Crippen LogP contribution in [0.3, 0.4) is 0 Å². The fraction of sp³-hybridized carbons (Fsp3) is 0.394. The van der Waals surface area contributed by atoms with Crippen LogP contribution in [-0.2, 0) is 16.0 Å². The minimum Gasteiger partial charge on any atom is -0.490 e. The average molecular weight is 572 g/mol. The summed E-state index contributed by atoms with van der Waals surface area (Å²) < 4.78 is 12.0. The molecule has 2 aliphatic rings. The molecule has 0 aliphatic heterocycles. The number of para-hydroxylation sites is 1. The van der Waals surface area contributed by atoms with Gasteiger partial charge in [0.05, 0.1) is 23.8 Å². The molecule has 9 nitrogen and oxygen atoms in total. The number of hydrogen-bond acceptors (Lipinski definition) is 6. The first-order valence-corrected chi connectivity index (χ1v) is 14.7.